The third-order valence-electron chi connectivity index (χ3n) is 2.74. The smallest absolute Gasteiger partial charge is 0.387 e. The van der Waals surface area contributed by atoms with E-state index in [1.54, 1.807) is 24.3 Å². The number of alkyl halides is 2. The summed E-state index contributed by atoms with van der Waals surface area (Å²) in [7, 11) is 0. The SMILES string of the molecule is O=C(Cc1ccccc1Cl)Nc1ccc(OC(F)F)c(Cl)c1. The van der Waals surface area contributed by atoms with Gasteiger partial charge >= 0.3 is 6.61 Å². The lowest BCUT2D eigenvalue weighted by Crippen LogP contribution is -2.14. The van der Waals surface area contributed by atoms with Gasteiger partial charge in [0.25, 0.3) is 0 Å². The minimum Gasteiger partial charge on any atom is -0.433 e. The second-order valence-corrected chi connectivity index (χ2v) is 5.15. The Balaban J connectivity index is 2.03. The summed E-state index contributed by atoms with van der Waals surface area (Å²) in [6.07, 6.45) is 0.0899. The lowest BCUT2D eigenvalue weighted by Gasteiger charge is -2.10. The molecular weight excluding hydrogens is 335 g/mol. The number of benzene rings is 2. The molecule has 0 aromatic heterocycles. The molecule has 0 radical (unpaired) electrons. The summed E-state index contributed by atoms with van der Waals surface area (Å²) >= 11 is 11.8. The van der Waals surface area contributed by atoms with Gasteiger partial charge < -0.3 is 10.1 Å². The molecule has 7 heteroatoms. The fourth-order valence-electron chi connectivity index (χ4n) is 1.79. The van der Waals surface area contributed by atoms with Crippen molar-refractivity contribution in [2.24, 2.45) is 0 Å². The zero-order valence-corrected chi connectivity index (χ0v) is 12.7. The highest BCUT2D eigenvalue weighted by Crippen LogP contribution is 2.29. The van der Waals surface area contributed by atoms with Crippen molar-refractivity contribution in [3.63, 3.8) is 0 Å². The van der Waals surface area contributed by atoms with Crippen LogP contribution in [0.4, 0.5) is 14.5 Å². The number of anilines is 1. The van der Waals surface area contributed by atoms with Crippen LogP contribution < -0.4 is 10.1 Å². The molecule has 3 nitrogen and oxygen atoms in total. The van der Waals surface area contributed by atoms with E-state index in [0.29, 0.717) is 16.3 Å². The lowest BCUT2D eigenvalue weighted by atomic mass is 10.1. The summed E-state index contributed by atoms with van der Waals surface area (Å²) in [5.41, 5.74) is 1.06. The summed E-state index contributed by atoms with van der Waals surface area (Å²) in [6.45, 7) is -2.96. The van der Waals surface area contributed by atoms with Crippen molar-refractivity contribution in [3.8, 4) is 5.75 Å². The number of ether oxygens (including phenoxy) is 1. The van der Waals surface area contributed by atoms with Crippen molar-refractivity contribution >= 4 is 34.8 Å². The molecule has 0 spiro atoms. The maximum atomic E-state index is 12.1. The number of carbonyl (C=O) groups excluding carboxylic acids is 1. The van der Waals surface area contributed by atoms with E-state index < -0.39 is 6.61 Å². The largest absolute Gasteiger partial charge is 0.433 e. The van der Waals surface area contributed by atoms with Gasteiger partial charge in [-0.25, -0.2) is 0 Å². The molecule has 0 aliphatic carbocycles. The molecule has 0 heterocycles. The minimum atomic E-state index is -2.96. The van der Waals surface area contributed by atoms with Gasteiger partial charge in [0.1, 0.15) is 5.75 Å². The van der Waals surface area contributed by atoms with Gasteiger partial charge in [-0.05, 0) is 29.8 Å². The second kappa shape index (κ2) is 7.42. The Hall–Kier alpha value is -1.85. The zero-order valence-electron chi connectivity index (χ0n) is 11.2. The first kappa shape index (κ1) is 16.5. The summed E-state index contributed by atoms with van der Waals surface area (Å²) in [5.74, 6) is -0.451. The molecular formula is C15H11Cl2F2NO2. The third kappa shape index (κ3) is 4.58. The number of amides is 1. The monoisotopic (exact) mass is 345 g/mol. The van der Waals surface area contributed by atoms with Crippen LogP contribution in [0.25, 0.3) is 0 Å². The predicted octanol–water partition coefficient (Wildman–Crippen LogP) is 4.78. The van der Waals surface area contributed by atoms with Crippen LogP contribution in [0.1, 0.15) is 5.56 Å². The minimum absolute atomic E-state index is 0.0177. The zero-order chi connectivity index (χ0) is 16.1. The van der Waals surface area contributed by atoms with Crippen LogP contribution in [0.5, 0.6) is 5.75 Å². The topological polar surface area (TPSA) is 38.3 Å². The normalized spacial score (nSPS) is 10.6. The Kier molecular flexibility index (Phi) is 5.57. The van der Waals surface area contributed by atoms with Crippen molar-refractivity contribution in [1.82, 2.24) is 0 Å². The number of hydrogen-bond acceptors (Lipinski definition) is 2. The molecule has 116 valence electrons. The Labute approximate surface area is 135 Å². The number of rotatable bonds is 5. The van der Waals surface area contributed by atoms with E-state index in [9.17, 15) is 13.6 Å². The molecule has 0 saturated heterocycles. The van der Waals surface area contributed by atoms with Crippen LogP contribution in [0.2, 0.25) is 10.0 Å². The van der Waals surface area contributed by atoms with E-state index >= 15 is 0 Å². The average Bonchev–Trinajstić information content (AvgIpc) is 2.44. The average molecular weight is 346 g/mol. The van der Waals surface area contributed by atoms with Gasteiger partial charge in [0, 0.05) is 10.7 Å². The lowest BCUT2D eigenvalue weighted by molar-refractivity contribution is -0.115. The van der Waals surface area contributed by atoms with Crippen LogP contribution in [-0.2, 0) is 11.2 Å². The van der Waals surface area contributed by atoms with E-state index in [4.69, 9.17) is 23.2 Å². The Morgan fingerprint density at radius 2 is 1.86 bits per heavy atom. The van der Waals surface area contributed by atoms with Crippen LogP contribution in [0.15, 0.2) is 42.5 Å². The van der Waals surface area contributed by atoms with Gasteiger partial charge in [0.2, 0.25) is 5.91 Å². The van der Waals surface area contributed by atoms with Gasteiger partial charge in [-0.2, -0.15) is 8.78 Å². The van der Waals surface area contributed by atoms with E-state index in [1.807, 2.05) is 0 Å². The quantitative estimate of drug-likeness (QED) is 0.847. The molecule has 0 fully saturated rings. The molecule has 0 aliphatic rings. The summed E-state index contributed by atoms with van der Waals surface area (Å²) < 4.78 is 28.5. The van der Waals surface area contributed by atoms with Crippen molar-refractivity contribution in [2.45, 2.75) is 13.0 Å². The maximum absolute atomic E-state index is 12.1. The molecule has 2 aromatic rings. The maximum Gasteiger partial charge on any atom is 0.387 e. The molecule has 0 bridgehead atoms. The Morgan fingerprint density at radius 3 is 2.50 bits per heavy atom. The van der Waals surface area contributed by atoms with Gasteiger partial charge in [0.05, 0.1) is 11.4 Å². The molecule has 2 aromatic carbocycles. The Morgan fingerprint density at radius 1 is 1.14 bits per heavy atom. The number of halogens is 4. The van der Waals surface area contributed by atoms with Crippen LogP contribution >= 0.6 is 23.2 Å². The summed E-state index contributed by atoms with van der Waals surface area (Å²) in [4.78, 5) is 11.9. The molecule has 0 saturated carbocycles. The highest BCUT2D eigenvalue weighted by molar-refractivity contribution is 6.32. The van der Waals surface area contributed by atoms with Crippen LogP contribution in [0, 0.1) is 0 Å². The molecule has 2 rings (SSSR count). The number of hydrogen-bond donors (Lipinski definition) is 1. The van der Waals surface area contributed by atoms with Crippen molar-refractivity contribution in [3.05, 3.63) is 58.1 Å². The van der Waals surface area contributed by atoms with Crippen molar-refractivity contribution < 1.29 is 18.3 Å². The number of carbonyl (C=O) groups is 1. The summed E-state index contributed by atoms with van der Waals surface area (Å²) in [6, 6.07) is 11.0. The predicted molar refractivity (Wildman–Crippen MR) is 81.9 cm³/mol. The van der Waals surface area contributed by atoms with Gasteiger partial charge in [-0.3, -0.25) is 4.79 Å². The first-order valence-corrected chi connectivity index (χ1v) is 6.99. The number of nitrogens with one attached hydrogen (secondary N) is 1. The molecule has 1 N–H and O–H groups in total. The summed E-state index contributed by atoms with van der Waals surface area (Å²) in [5, 5.41) is 3.09. The fraction of sp³-hybridized carbons (Fsp3) is 0.133. The highest BCUT2D eigenvalue weighted by Gasteiger charge is 2.11. The highest BCUT2D eigenvalue weighted by atomic mass is 35.5. The molecule has 22 heavy (non-hydrogen) atoms. The fourth-order valence-corrected chi connectivity index (χ4v) is 2.22. The van der Waals surface area contributed by atoms with Gasteiger partial charge in [0.15, 0.2) is 0 Å². The van der Waals surface area contributed by atoms with E-state index in [2.05, 4.69) is 10.1 Å². The van der Waals surface area contributed by atoms with E-state index in [-0.39, 0.29) is 23.1 Å². The van der Waals surface area contributed by atoms with Crippen molar-refractivity contribution in [1.29, 1.82) is 0 Å². The third-order valence-corrected chi connectivity index (χ3v) is 3.40. The van der Waals surface area contributed by atoms with E-state index in [1.165, 1.54) is 18.2 Å². The van der Waals surface area contributed by atoms with Crippen LogP contribution in [-0.4, -0.2) is 12.5 Å². The first-order chi connectivity index (χ1) is 10.5. The Bertz CT molecular complexity index is 680. The molecule has 1 amide bonds. The molecule has 0 unspecified atom stereocenters. The van der Waals surface area contributed by atoms with Gasteiger partial charge in [-0.15, -0.1) is 0 Å². The van der Waals surface area contributed by atoms with E-state index in [0.717, 1.165) is 0 Å². The van der Waals surface area contributed by atoms with Crippen LogP contribution in [0.3, 0.4) is 0 Å². The standard InChI is InChI=1S/C15H11Cl2F2NO2/c16-11-4-2-1-3-9(11)7-14(21)20-10-5-6-13(12(17)8-10)22-15(18)19/h1-6,8,15H,7H2,(H,20,21). The first-order valence-electron chi connectivity index (χ1n) is 6.23. The second-order valence-electron chi connectivity index (χ2n) is 4.34. The van der Waals surface area contributed by atoms with Crippen molar-refractivity contribution in [2.75, 3.05) is 5.32 Å². The molecule has 0 atom stereocenters. The molecule has 0 aliphatic heterocycles. The van der Waals surface area contributed by atoms with Gasteiger partial charge in [-0.1, -0.05) is 41.4 Å².